The summed E-state index contributed by atoms with van der Waals surface area (Å²) in [4.78, 5) is 11.0. The van der Waals surface area contributed by atoms with Crippen LogP contribution in [0.3, 0.4) is 0 Å². The predicted molar refractivity (Wildman–Crippen MR) is 63.2 cm³/mol. The highest BCUT2D eigenvalue weighted by molar-refractivity contribution is 5.69. The fourth-order valence-corrected chi connectivity index (χ4v) is 1.73. The molecule has 2 N–H and O–H groups in total. The molecule has 1 radical (unpaired) electrons. The van der Waals surface area contributed by atoms with Gasteiger partial charge in [0.05, 0.1) is 16.5 Å². The van der Waals surface area contributed by atoms with Crippen LogP contribution in [0, 0.1) is 11.0 Å². The molecule has 2 rings (SSSR count). The van der Waals surface area contributed by atoms with Crippen molar-refractivity contribution in [1.82, 2.24) is 0 Å². The Balaban J connectivity index is 2.60. The first-order valence-electron chi connectivity index (χ1n) is 5.30. The summed E-state index contributed by atoms with van der Waals surface area (Å²) in [6.45, 7) is 0. The molecule has 0 atom stereocenters. The second-order valence-corrected chi connectivity index (χ2v) is 3.83. The molecular weight excluding hydrogens is 257 g/mol. The van der Waals surface area contributed by atoms with Crippen LogP contribution in [0.4, 0.5) is 18.9 Å². The van der Waals surface area contributed by atoms with Crippen LogP contribution in [-0.4, -0.2) is 4.87 Å². The van der Waals surface area contributed by atoms with E-state index in [2.05, 4.69) is 6.07 Å². The van der Waals surface area contributed by atoms with Crippen molar-refractivity contribution in [3.8, 4) is 11.1 Å². The molecule has 0 bridgehead atoms. The lowest BCUT2D eigenvalue weighted by molar-refractivity contribution is -0.475. The minimum Gasteiger partial charge on any atom is -0.166 e. The van der Waals surface area contributed by atoms with Gasteiger partial charge in [-0.1, -0.05) is 24.3 Å². The Morgan fingerprint density at radius 2 is 1.84 bits per heavy atom. The first kappa shape index (κ1) is 13.1. The summed E-state index contributed by atoms with van der Waals surface area (Å²) in [6, 6.07) is 11.7. The molecular formula is C13H9F3N2O+. The van der Waals surface area contributed by atoms with Crippen LogP contribution in [0.2, 0.25) is 0 Å². The van der Waals surface area contributed by atoms with Crippen LogP contribution >= 0.6 is 0 Å². The number of nitrogens with two attached hydrogens (primary N) is 1. The van der Waals surface area contributed by atoms with Crippen molar-refractivity contribution >= 4 is 5.69 Å². The molecule has 19 heavy (non-hydrogen) atoms. The van der Waals surface area contributed by atoms with E-state index in [0.29, 0.717) is 0 Å². The Morgan fingerprint density at radius 3 is 2.47 bits per heavy atom. The van der Waals surface area contributed by atoms with Gasteiger partial charge in [-0.15, -0.1) is 0 Å². The normalized spacial score (nSPS) is 11.3. The van der Waals surface area contributed by atoms with E-state index < -0.39 is 11.7 Å². The van der Waals surface area contributed by atoms with E-state index in [4.69, 9.17) is 5.84 Å². The molecule has 6 heteroatoms. The lowest BCUT2D eigenvalue weighted by atomic mass is 9.99. The van der Waals surface area contributed by atoms with Crippen LogP contribution in [0.25, 0.3) is 11.1 Å². The molecule has 0 saturated carbocycles. The standard InChI is InChI=1S/C13H9F3N2O/c14-13(15,16)12-7-2-1-6-11(12)9-4-3-5-10(8-9)18(17)19/h1-4,6-8H,(H2,17,19)/q+1. The topological polar surface area (TPSA) is 46.1 Å². The number of halogens is 3. The first-order chi connectivity index (χ1) is 8.89. The van der Waals surface area contributed by atoms with Gasteiger partial charge in [0.1, 0.15) is 0 Å². The number of hydrogen-bond acceptors (Lipinski definition) is 1. The summed E-state index contributed by atoms with van der Waals surface area (Å²) in [6.07, 6.45) is -4.46. The van der Waals surface area contributed by atoms with Crippen molar-refractivity contribution in [2.75, 3.05) is 0 Å². The van der Waals surface area contributed by atoms with Crippen molar-refractivity contribution in [2.45, 2.75) is 6.18 Å². The number of hydrazine groups is 1. The number of rotatable bonds is 2. The molecule has 0 spiro atoms. The molecule has 0 aliphatic carbocycles. The molecule has 0 saturated heterocycles. The van der Waals surface area contributed by atoms with Crippen molar-refractivity contribution < 1.29 is 18.0 Å². The smallest absolute Gasteiger partial charge is 0.166 e. The maximum atomic E-state index is 12.9. The summed E-state index contributed by atoms with van der Waals surface area (Å²) in [5.74, 6) is 5.01. The van der Waals surface area contributed by atoms with Gasteiger partial charge in [0, 0.05) is 6.07 Å². The maximum Gasteiger partial charge on any atom is 0.417 e. The van der Waals surface area contributed by atoms with Crippen LogP contribution in [0.5, 0.6) is 0 Å². The predicted octanol–water partition coefficient (Wildman–Crippen LogP) is 3.46. The van der Waals surface area contributed by atoms with Crippen molar-refractivity contribution in [2.24, 2.45) is 5.84 Å². The maximum absolute atomic E-state index is 12.9. The van der Waals surface area contributed by atoms with E-state index >= 15 is 0 Å². The Bertz CT molecular complexity index is 623. The molecule has 0 fully saturated rings. The van der Waals surface area contributed by atoms with Gasteiger partial charge in [-0.3, -0.25) is 0 Å². The van der Waals surface area contributed by atoms with Gasteiger partial charge in [0.25, 0.3) is 5.69 Å². The third kappa shape index (κ3) is 2.73. The zero-order chi connectivity index (χ0) is 14.0. The van der Waals surface area contributed by atoms with Crippen LogP contribution in [0.15, 0.2) is 42.5 Å². The Kier molecular flexibility index (Phi) is 3.25. The third-order valence-corrected chi connectivity index (χ3v) is 2.57. The largest absolute Gasteiger partial charge is 0.417 e. The van der Waals surface area contributed by atoms with Crippen molar-refractivity contribution in [1.29, 1.82) is 0 Å². The quantitative estimate of drug-likeness (QED) is 0.514. The first-order valence-corrected chi connectivity index (χ1v) is 5.30. The van der Waals surface area contributed by atoms with Crippen molar-refractivity contribution in [3.05, 3.63) is 59.0 Å². The highest BCUT2D eigenvalue weighted by Gasteiger charge is 2.33. The average molecular weight is 266 g/mol. The van der Waals surface area contributed by atoms with E-state index in [-0.39, 0.29) is 21.7 Å². The highest BCUT2D eigenvalue weighted by Crippen LogP contribution is 2.37. The van der Waals surface area contributed by atoms with Gasteiger partial charge in [0.2, 0.25) is 0 Å². The van der Waals surface area contributed by atoms with Gasteiger partial charge >= 0.3 is 6.18 Å². The fourth-order valence-electron chi connectivity index (χ4n) is 1.73. The molecule has 2 aromatic rings. The van der Waals surface area contributed by atoms with E-state index in [1.807, 2.05) is 0 Å². The Hall–Kier alpha value is -2.37. The molecule has 0 amide bonds. The van der Waals surface area contributed by atoms with E-state index in [0.717, 1.165) is 6.07 Å². The number of nitroso groups, excluding NO2 is 1. The second-order valence-electron chi connectivity index (χ2n) is 3.83. The molecule has 2 aromatic carbocycles. The van der Waals surface area contributed by atoms with Gasteiger partial charge < -0.3 is 0 Å². The lowest BCUT2D eigenvalue weighted by Gasteiger charge is -2.12. The monoisotopic (exact) mass is 266 g/mol. The van der Waals surface area contributed by atoms with Crippen molar-refractivity contribution in [3.63, 3.8) is 0 Å². The Morgan fingerprint density at radius 1 is 1.16 bits per heavy atom. The SMILES string of the molecule is N[N+](=O)c1[c]ccc(-c2ccccc2C(F)(F)F)c1. The summed E-state index contributed by atoms with van der Waals surface area (Å²) in [7, 11) is 0. The van der Waals surface area contributed by atoms with Gasteiger partial charge in [-0.05, 0) is 23.3 Å². The zero-order valence-corrected chi connectivity index (χ0v) is 9.61. The van der Waals surface area contributed by atoms with Crippen LogP contribution in [-0.2, 0) is 6.18 Å². The third-order valence-electron chi connectivity index (χ3n) is 2.57. The minimum atomic E-state index is -4.46. The number of hydrogen-bond donors (Lipinski definition) is 1. The average Bonchev–Trinajstić information content (AvgIpc) is 2.38. The van der Waals surface area contributed by atoms with Gasteiger partial charge in [-0.25, -0.2) is 0 Å². The molecule has 3 nitrogen and oxygen atoms in total. The summed E-state index contributed by atoms with van der Waals surface area (Å²) >= 11 is 0. The number of nitrogens with zero attached hydrogens (tertiary/aromatic N) is 1. The van der Waals surface area contributed by atoms with E-state index in [1.165, 1.54) is 36.4 Å². The number of benzene rings is 2. The van der Waals surface area contributed by atoms with E-state index in [9.17, 15) is 18.1 Å². The Labute approximate surface area is 107 Å². The van der Waals surface area contributed by atoms with E-state index in [1.54, 1.807) is 0 Å². The lowest BCUT2D eigenvalue weighted by Crippen LogP contribution is -2.09. The van der Waals surface area contributed by atoms with Crippen LogP contribution < -0.4 is 5.84 Å². The molecule has 0 aliphatic rings. The van der Waals surface area contributed by atoms with Crippen LogP contribution in [0.1, 0.15) is 5.56 Å². The zero-order valence-electron chi connectivity index (χ0n) is 9.61. The summed E-state index contributed by atoms with van der Waals surface area (Å²) in [5, 5.41) is 0. The molecule has 0 aliphatic heterocycles. The number of alkyl halides is 3. The molecule has 0 aromatic heterocycles. The second kappa shape index (κ2) is 4.72. The summed E-state index contributed by atoms with van der Waals surface area (Å²) in [5.41, 5.74) is -0.545. The summed E-state index contributed by atoms with van der Waals surface area (Å²) < 4.78 is 38.7. The molecule has 0 unspecified atom stereocenters. The molecule has 0 heterocycles. The van der Waals surface area contributed by atoms with Gasteiger partial charge in [0.15, 0.2) is 4.87 Å². The fraction of sp³-hybridized carbons (Fsp3) is 0.0769. The van der Waals surface area contributed by atoms with Gasteiger partial charge in [-0.2, -0.15) is 19.0 Å². The highest BCUT2D eigenvalue weighted by atomic mass is 19.4. The molecule has 97 valence electrons. The minimum absolute atomic E-state index is 0.00731.